The van der Waals surface area contributed by atoms with E-state index >= 15 is 0 Å². The van der Waals surface area contributed by atoms with Crippen molar-refractivity contribution in [3.63, 3.8) is 0 Å². The maximum Gasteiger partial charge on any atom is 0.254 e. The molecule has 4 rings (SSSR count). The molecule has 0 spiro atoms. The molecule has 1 N–H and O–H groups in total. The Morgan fingerprint density at radius 1 is 1.07 bits per heavy atom. The molecule has 29 heavy (non-hydrogen) atoms. The highest BCUT2D eigenvalue weighted by molar-refractivity contribution is 6.07. The van der Waals surface area contributed by atoms with Gasteiger partial charge in [0.05, 0.1) is 17.3 Å². The smallest absolute Gasteiger partial charge is 0.254 e. The third-order valence-electron chi connectivity index (χ3n) is 5.70. The van der Waals surface area contributed by atoms with Crippen molar-refractivity contribution in [2.24, 2.45) is 5.92 Å². The molecule has 2 amide bonds. The Labute approximate surface area is 170 Å². The second kappa shape index (κ2) is 8.03. The Hall–Kier alpha value is -3.21. The number of aromatic nitrogens is 1. The lowest BCUT2D eigenvalue weighted by Gasteiger charge is -2.32. The number of nitrogens with zero attached hydrogens (tertiary/aromatic N) is 2. The summed E-state index contributed by atoms with van der Waals surface area (Å²) in [6.45, 7) is 4.96. The second-order valence-corrected chi connectivity index (χ2v) is 7.69. The number of rotatable bonds is 3. The maximum absolute atomic E-state index is 13.2. The van der Waals surface area contributed by atoms with E-state index in [9.17, 15) is 9.59 Å². The van der Waals surface area contributed by atoms with Gasteiger partial charge < -0.3 is 10.2 Å². The second-order valence-electron chi connectivity index (χ2n) is 7.69. The number of anilines is 1. The van der Waals surface area contributed by atoms with Crippen molar-refractivity contribution in [2.75, 3.05) is 18.4 Å². The lowest BCUT2D eigenvalue weighted by Crippen LogP contribution is -2.44. The van der Waals surface area contributed by atoms with Crippen LogP contribution in [0.5, 0.6) is 0 Å². The maximum atomic E-state index is 13.2. The number of amides is 2. The molecule has 0 aliphatic carbocycles. The van der Waals surface area contributed by atoms with Gasteiger partial charge in [-0.3, -0.25) is 14.6 Å². The zero-order valence-corrected chi connectivity index (χ0v) is 16.8. The van der Waals surface area contributed by atoms with Crippen molar-refractivity contribution < 1.29 is 9.59 Å². The molecule has 1 saturated heterocycles. The van der Waals surface area contributed by atoms with Gasteiger partial charge in [0.15, 0.2) is 0 Å². The number of pyridine rings is 1. The molecular formula is C24H25N3O2. The van der Waals surface area contributed by atoms with Gasteiger partial charge in [0.1, 0.15) is 0 Å². The predicted molar refractivity (Wildman–Crippen MR) is 115 cm³/mol. The van der Waals surface area contributed by atoms with E-state index in [2.05, 4.69) is 10.3 Å². The van der Waals surface area contributed by atoms with Crippen LogP contribution in [0.4, 0.5) is 5.69 Å². The number of carbonyl (C=O) groups excluding carboxylic acids is 2. The van der Waals surface area contributed by atoms with E-state index in [1.54, 1.807) is 6.20 Å². The van der Waals surface area contributed by atoms with Crippen LogP contribution in [0.2, 0.25) is 0 Å². The quantitative estimate of drug-likeness (QED) is 0.727. The molecule has 1 atom stereocenters. The van der Waals surface area contributed by atoms with E-state index in [1.165, 1.54) is 0 Å². The Morgan fingerprint density at radius 3 is 2.69 bits per heavy atom. The van der Waals surface area contributed by atoms with Crippen molar-refractivity contribution in [1.29, 1.82) is 0 Å². The van der Waals surface area contributed by atoms with Crippen molar-refractivity contribution >= 4 is 28.3 Å². The van der Waals surface area contributed by atoms with Gasteiger partial charge in [0.2, 0.25) is 5.91 Å². The van der Waals surface area contributed by atoms with E-state index in [-0.39, 0.29) is 17.7 Å². The zero-order valence-electron chi connectivity index (χ0n) is 16.8. The molecule has 1 aromatic heterocycles. The van der Waals surface area contributed by atoms with Crippen LogP contribution in [0.1, 0.15) is 34.5 Å². The summed E-state index contributed by atoms with van der Waals surface area (Å²) in [5, 5.41) is 5.04. The van der Waals surface area contributed by atoms with E-state index in [1.807, 2.05) is 67.3 Å². The van der Waals surface area contributed by atoms with Gasteiger partial charge in [-0.2, -0.15) is 0 Å². The van der Waals surface area contributed by atoms with Crippen molar-refractivity contribution in [1.82, 2.24) is 9.88 Å². The third kappa shape index (κ3) is 3.86. The summed E-state index contributed by atoms with van der Waals surface area (Å²) in [5.74, 6) is -0.269. The Bertz CT molecular complexity index is 1050. The van der Waals surface area contributed by atoms with Crippen LogP contribution >= 0.6 is 0 Å². The first kappa shape index (κ1) is 19.1. The fourth-order valence-corrected chi connectivity index (χ4v) is 4.07. The van der Waals surface area contributed by atoms with Crippen LogP contribution < -0.4 is 5.32 Å². The molecule has 5 heteroatoms. The summed E-state index contributed by atoms with van der Waals surface area (Å²) in [7, 11) is 0. The van der Waals surface area contributed by atoms with Crippen molar-refractivity contribution in [2.45, 2.75) is 26.7 Å². The number of piperidine rings is 1. The molecule has 2 aromatic carbocycles. The number of hydrogen-bond acceptors (Lipinski definition) is 3. The van der Waals surface area contributed by atoms with E-state index in [0.29, 0.717) is 18.7 Å². The van der Waals surface area contributed by atoms with Gasteiger partial charge in [-0.25, -0.2) is 0 Å². The third-order valence-corrected chi connectivity index (χ3v) is 5.70. The van der Waals surface area contributed by atoms with E-state index in [4.69, 9.17) is 0 Å². The van der Waals surface area contributed by atoms with Crippen molar-refractivity contribution in [3.05, 3.63) is 71.5 Å². The summed E-state index contributed by atoms with van der Waals surface area (Å²) < 4.78 is 0. The average Bonchev–Trinajstić information content (AvgIpc) is 2.75. The number of fused-ring (bicyclic) bond motifs is 1. The standard InChI is InChI=1S/C24H25N3O2/c1-16-12-13-25-17(2)22(16)26-23(28)19-9-6-14-27(15-19)24(29)21-11-5-8-18-7-3-4-10-20(18)21/h3-5,7-8,10-13,19H,6,9,14-15H2,1-2H3,(H,26,28)/t19-/m1/s1. The molecule has 2 heterocycles. The van der Waals surface area contributed by atoms with Gasteiger partial charge in [-0.1, -0.05) is 36.4 Å². The van der Waals surface area contributed by atoms with Gasteiger partial charge in [0, 0.05) is 24.8 Å². The highest BCUT2D eigenvalue weighted by Gasteiger charge is 2.30. The van der Waals surface area contributed by atoms with Crippen LogP contribution in [0, 0.1) is 19.8 Å². The van der Waals surface area contributed by atoms with Gasteiger partial charge >= 0.3 is 0 Å². The van der Waals surface area contributed by atoms with Crippen molar-refractivity contribution in [3.8, 4) is 0 Å². The number of aryl methyl sites for hydroxylation is 2. The van der Waals surface area contributed by atoms with Gasteiger partial charge in [-0.15, -0.1) is 0 Å². The van der Waals surface area contributed by atoms with Crippen LogP contribution in [-0.4, -0.2) is 34.8 Å². The average molecular weight is 387 g/mol. The first-order chi connectivity index (χ1) is 14.0. The highest BCUT2D eigenvalue weighted by Crippen LogP contribution is 2.25. The minimum Gasteiger partial charge on any atom is -0.338 e. The Kier molecular flexibility index (Phi) is 5.30. The Balaban J connectivity index is 1.52. The summed E-state index contributed by atoms with van der Waals surface area (Å²) in [6, 6.07) is 15.6. The molecule has 1 aliphatic rings. The Morgan fingerprint density at radius 2 is 1.86 bits per heavy atom. The number of hydrogen-bond donors (Lipinski definition) is 1. The van der Waals surface area contributed by atoms with Crippen LogP contribution in [0.15, 0.2) is 54.7 Å². The molecule has 1 aliphatic heterocycles. The van der Waals surface area contributed by atoms with E-state index in [0.717, 1.165) is 40.6 Å². The van der Waals surface area contributed by atoms with Crippen LogP contribution in [-0.2, 0) is 4.79 Å². The molecule has 3 aromatic rings. The lowest BCUT2D eigenvalue weighted by atomic mass is 9.95. The molecule has 148 valence electrons. The first-order valence-electron chi connectivity index (χ1n) is 10.0. The molecular weight excluding hydrogens is 362 g/mol. The monoisotopic (exact) mass is 387 g/mol. The summed E-state index contributed by atoms with van der Waals surface area (Å²) in [4.78, 5) is 32.2. The molecule has 0 bridgehead atoms. The minimum absolute atomic E-state index is 0.00645. The van der Waals surface area contributed by atoms with Gasteiger partial charge in [-0.05, 0) is 55.2 Å². The molecule has 0 saturated carbocycles. The lowest BCUT2D eigenvalue weighted by molar-refractivity contribution is -0.121. The minimum atomic E-state index is -0.221. The predicted octanol–water partition coefficient (Wildman–Crippen LogP) is 4.34. The molecule has 0 unspecified atom stereocenters. The number of benzene rings is 2. The number of nitrogens with one attached hydrogen (secondary N) is 1. The van der Waals surface area contributed by atoms with E-state index < -0.39 is 0 Å². The SMILES string of the molecule is Cc1ccnc(C)c1NC(=O)[C@@H]1CCCN(C(=O)c2cccc3ccccc23)C1. The molecule has 1 fully saturated rings. The fraction of sp³-hybridized carbons (Fsp3) is 0.292. The summed E-state index contributed by atoms with van der Waals surface area (Å²) >= 11 is 0. The molecule has 5 nitrogen and oxygen atoms in total. The summed E-state index contributed by atoms with van der Waals surface area (Å²) in [5.41, 5.74) is 3.27. The van der Waals surface area contributed by atoms with Gasteiger partial charge in [0.25, 0.3) is 5.91 Å². The largest absolute Gasteiger partial charge is 0.338 e. The fourth-order valence-electron chi connectivity index (χ4n) is 4.07. The highest BCUT2D eigenvalue weighted by atomic mass is 16.2. The topological polar surface area (TPSA) is 62.3 Å². The zero-order chi connectivity index (χ0) is 20.4. The van der Waals surface area contributed by atoms with Crippen LogP contribution in [0.3, 0.4) is 0 Å². The number of carbonyl (C=O) groups is 2. The first-order valence-corrected chi connectivity index (χ1v) is 10.0. The van der Waals surface area contributed by atoms with Crippen LogP contribution in [0.25, 0.3) is 10.8 Å². The summed E-state index contributed by atoms with van der Waals surface area (Å²) in [6.07, 6.45) is 3.34. The molecule has 0 radical (unpaired) electrons. The number of likely N-dealkylation sites (tertiary alicyclic amines) is 1. The normalized spacial score (nSPS) is 16.6.